The number of benzene rings is 1. The Morgan fingerprint density at radius 1 is 1.32 bits per heavy atom. The first kappa shape index (κ1) is 16.0. The third-order valence-corrected chi connectivity index (χ3v) is 3.45. The quantitative estimate of drug-likeness (QED) is 0.800. The van der Waals surface area contributed by atoms with Crippen molar-refractivity contribution in [1.29, 1.82) is 0 Å². The SMILES string of the molecule is CC(CCS(C)=O)NCc1ccc(OC(F)F)cc1. The molecule has 1 N–H and O–H groups in total. The molecular formula is C13H19F2NO2S. The van der Waals surface area contributed by atoms with Crippen molar-refractivity contribution in [2.45, 2.75) is 32.5 Å². The third kappa shape index (κ3) is 7.22. The maximum Gasteiger partial charge on any atom is 0.387 e. The molecule has 2 atom stereocenters. The minimum atomic E-state index is -2.79. The van der Waals surface area contributed by atoms with E-state index in [9.17, 15) is 13.0 Å². The van der Waals surface area contributed by atoms with Gasteiger partial charge in [0.1, 0.15) is 5.75 Å². The van der Waals surface area contributed by atoms with Crippen molar-refractivity contribution in [3.63, 3.8) is 0 Å². The lowest BCUT2D eigenvalue weighted by molar-refractivity contribution is -0.0498. The van der Waals surface area contributed by atoms with E-state index in [1.165, 1.54) is 12.1 Å². The minimum absolute atomic E-state index is 0.160. The number of halogens is 2. The Bertz CT molecular complexity index is 398. The number of ether oxygens (including phenoxy) is 1. The van der Waals surface area contributed by atoms with Crippen LogP contribution in [0.25, 0.3) is 0 Å². The van der Waals surface area contributed by atoms with Crippen LogP contribution >= 0.6 is 0 Å². The Morgan fingerprint density at radius 2 is 1.95 bits per heavy atom. The van der Waals surface area contributed by atoms with Crippen LogP contribution < -0.4 is 10.1 Å². The van der Waals surface area contributed by atoms with E-state index in [1.807, 2.05) is 6.92 Å². The summed E-state index contributed by atoms with van der Waals surface area (Å²) in [7, 11) is -0.771. The zero-order valence-electron chi connectivity index (χ0n) is 11.1. The Labute approximate surface area is 114 Å². The summed E-state index contributed by atoms with van der Waals surface area (Å²) in [6.45, 7) is -0.118. The van der Waals surface area contributed by atoms with Crippen molar-refractivity contribution in [1.82, 2.24) is 5.32 Å². The predicted octanol–water partition coefficient (Wildman–Crippen LogP) is 2.53. The fraction of sp³-hybridized carbons (Fsp3) is 0.538. The summed E-state index contributed by atoms with van der Waals surface area (Å²) in [6, 6.07) is 6.80. The molecule has 0 aliphatic heterocycles. The molecule has 0 heterocycles. The van der Waals surface area contributed by atoms with E-state index in [2.05, 4.69) is 10.1 Å². The molecule has 0 saturated carbocycles. The molecule has 2 unspecified atom stereocenters. The van der Waals surface area contributed by atoms with Gasteiger partial charge < -0.3 is 10.1 Å². The van der Waals surface area contributed by atoms with Crippen LogP contribution in [0.5, 0.6) is 5.75 Å². The highest BCUT2D eigenvalue weighted by Crippen LogP contribution is 2.14. The number of hydrogen-bond donors (Lipinski definition) is 1. The summed E-state index contributed by atoms with van der Waals surface area (Å²) < 4.78 is 39.2. The second-order valence-corrected chi connectivity index (χ2v) is 5.93. The van der Waals surface area contributed by atoms with Crippen molar-refractivity contribution in [2.75, 3.05) is 12.0 Å². The van der Waals surface area contributed by atoms with Gasteiger partial charge in [-0.3, -0.25) is 4.21 Å². The van der Waals surface area contributed by atoms with Crippen LogP contribution in [-0.4, -0.2) is 28.9 Å². The highest BCUT2D eigenvalue weighted by molar-refractivity contribution is 7.84. The number of rotatable bonds is 8. The summed E-state index contributed by atoms with van der Waals surface area (Å²) in [4.78, 5) is 0. The van der Waals surface area contributed by atoms with E-state index in [-0.39, 0.29) is 11.8 Å². The van der Waals surface area contributed by atoms with Gasteiger partial charge in [-0.2, -0.15) is 8.78 Å². The smallest absolute Gasteiger partial charge is 0.387 e. The van der Waals surface area contributed by atoms with E-state index in [0.29, 0.717) is 12.3 Å². The van der Waals surface area contributed by atoms with Crippen molar-refractivity contribution in [3.8, 4) is 5.75 Å². The zero-order chi connectivity index (χ0) is 14.3. The number of hydrogen-bond acceptors (Lipinski definition) is 3. The van der Waals surface area contributed by atoms with Gasteiger partial charge in [-0.15, -0.1) is 0 Å². The van der Waals surface area contributed by atoms with Crippen LogP contribution in [0.1, 0.15) is 18.9 Å². The average molecular weight is 291 g/mol. The summed E-state index contributed by atoms with van der Waals surface area (Å²) in [5, 5.41) is 3.29. The van der Waals surface area contributed by atoms with Gasteiger partial charge in [0, 0.05) is 35.4 Å². The van der Waals surface area contributed by atoms with Crippen LogP contribution in [0.4, 0.5) is 8.78 Å². The van der Waals surface area contributed by atoms with E-state index < -0.39 is 17.4 Å². The van der Waals surface area contributed by atoms with Crippen LogP contribution in [0.3, 0.4) is 0 Å². The molecule has 0 aliphatic rings. The first-order chi connectivity index (χ1) is 8.97. The Balaban J connectivity index is 2.35. The lowest BCUT2D eigenvalue weighted by Gasteiger charge is -2.13. The van der Waals surface area contributed by atoms with E-state index in [1.54, 1.807) is 18.4 Å². The molecule has 0 aromatic heterocycles. The fourth-order valence-corrected chi connectivity index (χ4v) is 2.21. The second-order valence-electron chi connectivity index (χ2n) is 4.37. The van der Waals surface area contributed by atoms with Gasteiger partial charge in [0.15, 0.2) is 0 Å². The van der Waals surface area contributed by atoms with E-state index in [0.717, 1.165) is 12.0 Å². The summed E-state index contributed by atoms with van der Waals surface area (Å²) in [6.07, 6.45) is 2.53. The minimum Gasteiger partial charge on any atom is -0.435 e. The Kier molecular flexibility index (Phi) is 6.94. The molecule has 3 nitrogen and oxygen atoms in total. The van der Waals surface area contributed by atoms with Crippen LogP contribution in [0, 0.1) is 0 Å². The molecule has 0 amide bonds. The second kappa shape index (κ2) is 8.22. The lowest BCUT2D eigenvalue weighted by Crippen LogP contribution is -2.26. The molecule has 0 aliphatic carbocycles. The molecule has 1 aromatic carbocycles. The van der Waals surface area contributed by atoms with Gasteiger partial charge in [0.05, 0.1) is 0 Å². The van der Waals surface area contributed by atoms with Crippen LogP contribution in [0.2, 0.25) is 0 Å². The third-order valence-electron chi connectivity index (χ3n) is 2.64. The summed E-state index contributed by atoms with van der Waals surface area (Å²) in [5.41, 5.74) is 0.992. The maximum atomic E-state index is 12.0. The highest BCUT2D eigenvalue weighted by atomic mass is 32.2. The standard InChI is InChI=1S/C13H19F2NO2S/c1-10(7-8-19(2)17)16-9-11-3-5-12(6-4-11)18-13(14)15/h3-6,10,13,16H,7-9H2,1-2H3. The number of nitrogens with one attached hydrogen (secondary N) is 1. The van der Waals surface area contributed by atoms with E-state index >= 15 is 0 Å². The average Bonchev–Trinajstić information content (AvgIpc) is 2.35. The zero-order valence-corrected chi connectivity index (χ0v) is 11.9. The highest BCUT2D eigenvalue weighted by Gasteiger charge is 2.05. The molecule has 1 aromatic rings. The molecule has 0 bridgehead atoms. The Hall–Kier alpha value is -1.01. The van der Waals surface area contributed by atoms with Crippen molar-refractivity contribution < 1.29 is 17.7 Å². The molecule has 0 saturated heterocycles. The van der Waals surface area contributed by atoms with Crippen molar-refractivity contribution >= 4 is 10.8 Å². The molecular weight excluding hydrogens is 272 g/mol. The number of alkyl halides is 2. The maximum absolute atomic E-state index is 12.0. The largest absolute Gasteiger partial charge is 0.435 e. The summed E-state index contributed by atoms with van der Waals surface area (Å²) in [5.74, 6) is 0.836. The van der Waals surface area contributed by atoms with Crippen LogP contribution in [-0.2, 0) is 17.3 Å². The molecule has 6 heteroatoms. The van der Waals surface area contributed by atoms with Gasteiger partial charge in [0.2, 0.25) is 0 Å². The molecule has 19 heavy (non-hydrogen) atoms. The lowest BCUT2D eigenvalue weighted by atomic mass is 10.2. The first-order valence-electron chi connectivity index (χ1n) is 6.04. The molecule has 0 fully saturated rings. The van der Waals surface area contributed by atoms with Gasteiger partial charge in [-0.1, -0.05) is 12.1 Å². The molecule has 108 valence electrons. The van der Waals surface area contributed by atoms with E-state index in [4.69, 9.17) is 0 Å². The monoisotopic (exact) mass is 291 g/mol. The fourth-order valence-electron chi connectivity index (χ4n) is 1.53. The van der Waals surface area contributed by atoms with Crippen molar-refractivity contribution in [3.05, 3.63) is 29.8 Å². The first-order valence-corrected chi connectivity index (χ1v) is 7.77. The summed E-state index contributed by atoms with van der Waals surface area (Å²) >= 11 is 0. The van der Waals surface area contributed by atoms with Crippen LogP contribution in [0.15, 0.2) is 24.3 Å². The van der Waals surface area contributed by atoms with Gasteiger partial charge >= 0.3 is 6.61 Å². The van der Waals surface area contributed by atoms with Gasteiger partial charge in [0.25, 0.3) is 0 Å². The van der Waals surface area contributed by atoms with Crippen molar-refractivity contribution in [2.24, 2.45) is 0 Å². The Morgan fingerprint density at radius 3 is 2.47 bits per heavy atom. The van der Waals surface area contributed by atoms with Gasteiger partial charge in [-0.25, -0.2) is 0 Å². The van der Waals surface area contributed by atoms with Gasteiger partial charge in [-0.05, 0) is 31.0 Å². The molecule has 0 radical (unpaired) electrons. The molecule has 0 spiro atoms. The topological polar surface area (TPSA) is 38.3 Å². The normalized spacial score (nSPS) is 14.4. The predicted molar refractivity (Wildman–Crippen MR) is 72.9 cm³/mol. The molecule has 1 rings (SSSR count).